The summed E-state index contributed by atoms with van der Waals surface area (Å²) in [6.45, 7) is 2.84. The predicted octanol–water partition coefficient (Wildman–Crippen LogP) is 2.89. The average molecular weight is 286 g/mol. The first-order valence-electron chi connectivity index (χ1n) is 6.85. The summed E-state index contributed by atoms with van der Waals surface area (Å²) in [6.07, 6.45) is 0.935. The molecular weight excluding hydrogens is 268 g/mol. The molecule has 2 heterocycles. The van der Waals surface area contributed by atoms with Crippen molar-refractivity contribution in [1.82, 2.24) is 4.90 Å². The van der Waals surface area contributed by atoms with E-state index in [2.05, 4.69) is 18.4 Å². The lowest BCUT2D eigenvalue weighted by Crippen LogP contribution is -2.43. The summed E-state index contributed by atoms with van der Waals surface area (Å²) in [4.78, 5) is 16.0. The second-order valence-electron chi connectivity index (χ2n) is 5.15. The monoisotopic (exact) mass is 286 g/mol. The summed E-state index contributed by atoms with van der Waals surface area (Å²) < 4.78 is 0. The Hall–Kier alpha value is -1.65. The molecule has 2 atom stereocenters. The number of hydrogen-bond donors (Lipinski definition) is 1. The maximum Gasteiger partial charge on any atom is 0.244 e. The van der Waals surface area contributed by atoms with E-state index in [1.54, 1.807) is 11.3 Å². The van der Waals surface area contributed by atoms with Gasteiger partial charge in [0.2, 0.25) is 5.91 Å². The van der Waals surface area contributed by atoms with Gasteiger partial charge in [0.05, 0.1) is 6.04 Å². The van der Waals surface area contributed by atoms with Crippen molar-refractivity contribution < 1.29 is 4.79 Å². The minimum Gasteiger partial charge on any atom is -0.334 e. The van der Waals surface area contributed by atoms with Crippen molar-refractivity contribution in [3.63, 3.8) is 0 Å². The average Bonchev–Trinajstić information content (AvgIpc) is 2.96. The van der Waals surface area contributed by atoms with Crippen molar-refractivity contribution in [2.45, 2.75) is 25.4 Å². The second kappa shape index (κ2) is 5.38. The molecule has 1 aromatic heterocycles. The SMILES string of the molecule is CC1c2ccsc2CCN1C(=O)[C@@H](N)c1ccccc1. The molecule has 3 rings (SSSR count). The number of carbonyl (C=O) groups is 1. The number of rotatable bonds is 2. The summed E-state index contributed by atoms with van der Waals surface area (Å²) in [5.74, 6) is 0.0144. The fraction of sp³-hybridized carbons (Fsp3) is 0.312. The van der Waals surface area contributed by atoms with Gasteiger partial charge in [-0.05, 0) is 35.9 Å². The van der Waals surface area contributed by atoms with Gasteiger partial charge >= 0.3 is 0 Å². The van der Waals surface area contributed by atoms with Crippen molar-refractivity contribution in [3.8, 4) is 0 Å². The van der Waals surface area contributed by atoms with E-state index in [9.17, 15) is 4.79 Å². The molecule has 0 aliphatic carbocycles. The molecule has 1 aliphatic heterocycles. The zero-order chi connectivity index (χ0) is 14.1. The number of amides is 1. The molecule has 0 saturated heterocycles. The molecule has 0 bridgehead atoms. The maximum atomic E-state index is 12.6. The van der Waals surface area contributed by atoms with Crippen molar-refractivity contribution in [2.24, 2.45) is 5.73 Å². The third-order valence-electron chi connectivity index (χ3n) is 3.99. The molecular formula is C16H18N2OS. The van der Waals surface area contributed by atoms with Gasteiger partial charge in [-0.15, -0.1) is 11.3 Å². The van der Waals surface area contributed by atoms with E-state index in [4.69, 9.17) is 5.73 Å². The predicted molar refractivity (Wildman–Crippen MR) is 81.5 cm³/mol. The zero-order valence-corrected chi connectivity index (χ0v) is 12.3. The van der Waals surface area contributed by atoms with Crippen LogP contribution in [0.4, 0.5) is 0 Å². The fourth-order valence-corrected chi connectivity index (χ4v) is 3.75. The summed E-state index contributed by atoms with van der Waals surface area (Å²) in [5.41, 5.74) is 8.29. The van der Waals surface area contributed by atoms with E-state index in [-0.39, 0.29) is 11.9 Å². The summed E-state index contributed by atoms with van der Waals surface area (Å²) in [6, 6.07) is 11.3. The van der Waals surface area contributed by atoms with Crippen molar-refractivity contribution in [3.05, 3.63) is 57.8 Å². The second-order valence-corrected chi connectivity index (χ2v) is 6.15. The number of nitrogens with zero attached hydrogens (tertiary/aromatic N) is 1. The Labute approximate surface area is 123 Å². The smallest absolute Gasteiger partial charge is 0.244 e. The molecule has 1 aromatic carbocycles. The van der Waals surface area contributed by atoms with Crippen LogP contribution < -0.4 is 5.73 Å². The van der Waals surface area contributed by atoms with Gasteiger partial charge in [-0.2, -0.15) is 0 Å². The van der Waals surface area contributed by atoms with Crippen LogP contribution in [0.3, 0.4) is 0 Å². The zero-order valence-electron chi connectivity index (χ0n) is 11.5. The topological polar surface area (TPSA) is 46.3 Å². The lowest BCUT2D eigenvalue weighted by molar-refractivity contribution is -0.135. The Morgan fingerprint density at radius 1 is 1.35 bits per heavy atom. The number of benzene rings is 1. The Kier molecular flexibility index (Phi) is 3.59. The number of carbonyl (C=O) groups excluding carboxylic acids is 1. The summed E-state index contributed by atoms with van der Waals surface area (Å²) in [7, 11) is 0. The first kappa shape index (κ1) is 13.3. The Bertz CT molecular complexity index is 608. The van der Waals surface area contributed by atoms with Crippen LogP contribution in [0.1, 0.15) is 35.0 Å². The van der Waals surface area contributed by atoms with Gasteiger partial charge in [-0.1, -0.05) is 30.3 Å². The highest BCUT2D eigenvalue weighted by Crippen LogP contribution is 2.34. The third-order valence-corrected chi connectivity index (χ3v) is 4.98. The lowest BCUT2D eigenvalue weighted by Gasteiger charge is -2.35. The van der Waals surface area contributed by atoms with Gasteiger partial charge in [-0.3, -0.25) is 4.79 Å². The minimum atomic E-state index is -0.571. The summed E-state index contributed by atoms with van der Waals surface area (Å²) >= 11 is 1.78. The van der Waals surface area contributed by atoms with Crippen LogP contribution in [0.2, 0.25) is 0 Å². The van der Waals surface area contributed by atoms with Gasteiger partial charge in [0.25, 0.3) is 0 Å². The number of thiophene rings is 1. The first-order valence-corrected chi connectivity index (χ1v) is 7.73. The van der Waals surface area contributed by atoms with Crippen molar-refractivity contribution >= 4 is 17.2 Å². The fourth-order valence-electron chi connectivity index (χ4n) is 2.79. The van der Waals surface area contributed by atoms with Crippen LogP contribution in [-0.2, 0) is 11.2 Å². The van der Waals surface area contributed by atoms with Gasteiger partial charge in [-0.25, -0.2) is 0 Å². The van der Waals surface area contributed by atoms with Crippen LogP contribution in [0.15, 0.2) is 41.8 Å². The Morgan fingerprint density at radius 3 is 2.85 bits per heavy atom. The van der Waals surface area contributed by atoms with E-state index in [1.165, 1.54) is 10.4 Å². The van der Waals surface area contributed by atoms with Gasteiger partial charge < -0.3 is 10.6 Å². The Balaban J connectivity index is 1.82. The highest BCUT2D eigenvalue weighted by Gasteiger charge is 2.31. The molecule has 1 aliphatic rings. The van der Waals surface area contributed by atoms with E-state index >= 15 is 0 Å². The third kappa shape index (κ3) is 2.25. The number of fused-ring (bicyclic) bond motifs is 1. The molecule has 0 fully saturated rings. The maximum absolute atomic E-state index is 12.6. The molecule has 1 amide bonds. The molecule has 0 radical (unpaired) electrons. The van der Waals surface area contributed by atoms with Crippen molar-refractivity contribution in [1.29, 1.82) is 0 Å². The molecule has 0 spiro atoms. The van der Waals surface area contributed by atoms with Gasteiger partial charge in [0.15, 0.2) is 0 Å². The normalized spacial score (nSPS) is 19.5. The van der Waals surface area contributed by atoms with Crippen LogP contribution in [0.5, 0.6) is 0 Å². The molecule has 20 heavy (non-hydrogen) atoms. The summed E-state index contributed by atoms with van der Waals surface area (Å²) in [5, 5.41) is 2.10. The molecule has 2 aromatic rings. The molecule has 104 valence electrons. The van der Waals surface area contributed by atoms with Gasteiger partial charge in [0.1, 0.15) is 6.04 Å². The largest absolute Gasteiger partial charge is 0.334 e. The van der Waals surface area contributed by atoms with E-state index in [1.807, 2.05) is 35.2 Å². The molecule has 4 heteroatoms. The van der Waals surface area contributed by atoms with E-state index in [0.29, 0.717) is 0 Å². The highest BCUT2D eigenvalue weighted by atomic mass is 32.1. The number of hydrogen-bond acceptors (Lipinski definition) is 3. The van der Waals surface area contributed by atoms with Crippen LogP contribution >= 0.6 is 11.3 Å². The van der Waals surface area contributed by atoms with Crippen molar-refractivity contribution in [2.75, 3.05) is 6.54 Å². The number of nitrogens with two attached hydrogens (primary N) is 1. The van der Waals surface area contributed by atoms with Crippen LogP contribution in [0.25, 0.3) is 0 Å². The van der Waals surface area contributed by atoms with E-state index in [0.717, 1.165) is 18.5 Å². The quantitative estimate of drug-likeness (QED) is 0.922. The van der Waals surface area contributed by atoms with Gasteiger partial charge in [0, 0.05) is 11.4 Å². The molecule has 0 saturated carbocycles. The minimum absolute atomic E-state index is 0.0144. The van der Waals surface area contributed by atoms with E-state index < -0.39 is 6.04 Å². The lowest BCUT2D eigenvalue weighted by atomic mass is 9.99. The van der Waals surface area contributed by atoms with Crippen LogP contribution in [-0.4, -0.2) is 17.4 Å². The Morgan fingerprint density at radius 2 is 2.10 bits per heavy atom. The molecule has 2 N–H and O–H groups in total. The first-order chi connectivity index (χ1) is 9.68. The molecule has 3 nitrogen and oxygen atoms in total. The van der Waals surface area contributed by atoms with Crippen LogP contribution in [0, 0.1) is 0 Å². The highest BCUT2D eigenvalue weighted by molar-refractivity contribution is 7.10. The standard InChI is InChI=1S/C16H18N2OS/c1-11-13-8-10-20-14(13)7-9-18(11)16(19)15(17)12-5-3-2-4-6-12/h2-6,8,10-11,15H,7,9,17H2,1H3/t11?,15-/m0/s1. The molecule has 1 unspecified atom stereocenters.